The largest absolute Gasteiger partial charge is 0.338 e. The monoisotopic (exact) mass is 268 g/mol. The molecular weight excluding hydrogens is 252 g/mol. The summed E-state index contributed by atoms with van der Waals surface area (Å²) in [6, 6.07) is -0.528. The fourth-order valence-electron chi connectivity index (χ4n) is 2.25. The molecule has 5 amide bonds. The Labute approximate surface area is 110 Å². The second kappa shape index (κ2) is 4.52. The normalized spacial score (nSPS) is 25.5. The number of urea groups is 1. The standard InChI is InChI=1S/C11H16N4O4/c1-7(16)14(2)5-8(17)15-4-3-11(6-15)9(18)12-10(19)13-11/h3-6H2,1-2H3,(H2,12,13,18,19). The number of carbonyl (C=O) groups is 4. The van der Waals surface area contributed by atoms with Crippen molar-refractivity contribution in [3.05, 3.63) is 0 Å². The number of nitrogens with one attached hydrogen (secondary N) is 2. The van der Waals surface area contributed by atoms with Crippen molar-refractivity contribution < 1.29 is 19.2 Å². The van der Waals surface area contributed by atoms with Crippen molar-refractivity contribution in [2.75, 3.05) is 26.7 Å². The summed E-state index contributed by atoms with van der Waals surface area (Å²) < 4.78 is 0. The number of carbonyl (C=O) groups excluding carboxylic acids is 4. The number of likely N-dealkylation sites (N-methyl/N-ethyl adjacent to an activating group) is 1. The van der Waals surface area contributed by atoms with Gasteiger partial charge in [-0.15, -0.1) is 0 Å². The van der Waals surface area contributed by atoms with E-state index in [0.717, 1.165) is 0 Å². The lowest BCUT2D eigenvalue weighted by molar-refractivity contribution is -0.138. The van der Waals surface area contributed by atoms with Crippen molar-refractivity contribution >= 4 is 23.8 Å². The summed E-state index contributed by atoms with van der Waals surface area (Å²) >= 11 is 0. The molecule has 8 heteroatoms. The molecule has 0 bridgehead atoms. The molecule has 19 heavy (non-hydrogen) atoms. The maximum absolute atomic E-state index is 12.0. The fourth-order valence-corrected chi connectivity index (χ4v) is 2.25. The summed E-state index contributed by atoms with van der Waals surface area (Å²) in [6.07, 6.45) is 0.389. The molecule has 8 nitrogen and oxygen atoms in total. The minimum atomic E-state index is -0.998. The van der Waals surface area contributed by atoms with Gasteiger partial charge in [-0.25, -0.2) is 4.79 Å². The minimum Gasteiger partial charge on any atom is -0.338 e. The first kappa shape index (κ1) is 13.3. The molecule has 0 radical (unpaired) electrons. The molecule has 2 heterocycles. The zero-order valence-corrected chi connectivity index (χ0v) is 10.9. The Hall–Kier alpha value is -2.12. The lowest BCUT2D eigenvalue weighted by atomic mass is 10.00. The fraction of sp³-hybridized carbons (Fsp3) is 0.636. The van der Waals surface area contributed by atoms with Crippen LogP contribution >= 0.6 is 0 Å². The van der Waals surface area contributed by atoms with Gasteiger partial charge in [0, 0.05) is 20.5 Å². The van der Waals surface area contributed by atoms with E-state index in [4.69, 9.17) is 0 Å². The van der Waals surface area contributed by atoms with Gasteiger partial charge in [0.25, 0.3) is 5.91 Å². The van der Waals surface area contributed by atoms with Crippen molar-refractivity contribution in [1.29, 1.82) is 0 Å². The van der Waals surface area contributed by atoms with Crippen molar-refractivity contribution in [2.45, 2.75) is 18.9 Å². The van der Waals surface area contributed by atoms with Crippen LogP contribution in [0.1, 0.15) is 13.3 Å². The molecule has 0 aromatic carbocycles. The predicted octanol–water partition coefficient (Wildman–Crippen LogP) is -1.72. The Balaban J connectivity index is 1.99. The third-order valence-corrected chi connectivity index (χ3v) is 3.55. The third-order valence-electron chi connectivity index (χ3n) is 3.55. The van der Waals surface area contributed by atoms with Gasteiger partial charge in [-0.3, -0.25) is 19.7 Å². The predicted molar refractivity (Wildman–Crippen MR) is 63.9 cm³/mol. The molecule has 2 aliphatic rings. The Morgan fingerprint density at radius 2 is 2.11 bits per heavy atom. The van der Waals surface area contributed by atoms with Crippen LogP contribution in [0.15, 0.2) is 0 Å². The lowest BCUT2D eigenvalue weighted by Gasteiger charge is -2.23. The highest BCUT2D eigenvalue weighted by Crippen LogP contribution is 2.24. The van der Waals surface area contributed by atoms with Crippen LogP contribution in [0.3, 0.4) is 0 Å². The molecule has 0 aromatic heterocycles. The summed E-state index contributed by atoms with van der Waals surface area (Å²) in [6.45, 7) is 1.89. The van der Waals surface area contributed by atoms with E-state index < -0.39 is 17.5 Å². The van der Waals surface area contributed by atoms with Crippen molar-refractivity contribution in [2.24, 2.45) is 0 Å². The molecular formula is C11H16N4O4. The lowest BCUT2D eigenvalue weighted by Crippen LogP contribution is -2.50. The Morgan fingerprint density at radius 1 is 1.42 bits per heavy atom. The maximum Gasteiger partial charge on any atom is 0.322 e. The van der Waals surface area contributed by atoms with E-state index in [1.807, 2.05) is 0 Å². The number of hydrogen-bond acceptors (Lipinski definition) is 4. The molecule has 2 aliphatic heterocycles. The molecule has 0 aliphatic carbocycles. The third kappa shape index (κ3) is 2.38. The van der Waals surface area contributed by atoms with Crippen molar-refractivity contribution in [1.82, 2.24) is 20.4 Å². The molecule has 1 spiro atoms. The maximum atomic E-state index is 12.0. The first-order chi connectivity index (χ1) is 8.84. The van der Waals surface area contributed by atoms with Gasteiger partial charge in [-0.2, -0.15) is 0 Å². The molecule has 2 N–H and O–H groups in total. The second-order valence-electron chi connectivity index (χ2n) is 4.93. The molecule has 2 rings (SSSR count). The average Bonchev–Trinajstić information content (AvgIpc) is 2.84. The highest BCUT2D eigenvalue weighted by atomic mass is 16.2. The summed E-state index contributed by atoms with van der Waals surface area (Å²) in [5.41, 5.74) is -0.998. The van der Waals surface area contributed by atoms with E-state index in [-0.39, 0.29) is 24.9 Å². The minimum absolute atomic E-state index is 0.0268. The van der Waals surface area contributed by atoms with Crippen LogP contribution in [-0.4, -0.2) is 65.8 Å². The van der Waals surface area contributed by atoms with Crippen molar-refractivity contribution in [3.63, 3.8) is 0 Å². The highest BCUT2D eigenvalue weighted by molar-refractivity contribution is 6.07. The van der Waals surface area contributed by atoms with Crippen LogP contribution in [0, 0.1) is 0 Å². The van der Waals surface area contributed by atoms with Gasteiger partial charge < -0.3 is 15.1 Å². The van der Waals surface area contributed by atoms with Gasteiger partial charge >= 0.3 is 6.03 Å². The van der Waals surface area contributed by atoms with Crippen LogP contribution in [0.4, 0.5) is 4.79 Å². The molecule has 1 atom stereocenters. The summed E-state index contributed by atoms with van der Waals surface area (Å²) in [5.74, 6) is -0.828. The summed E-state index contributed by atoms with van der Waals surface area (Å²) in [7, 11) is 1.54. The Morgan fingerprint density at radius 3 is 2.63 bits per heavy atom. The van der Waals surface area contributed by atoms with E-state index in [9.17, 15) is 19.2 Å². The first-order valence-corrected chi connectivity index (χ1v) is 5.97. The first-order valence-electron chi connectivity index (χ1n) is 5.97. The second-order valence-corrected chi connectivity index (χ2v) is 4.93. The molecule has 104 valence electrons. The van der Waals surface area contributed by atoms with Gasteiger partial charge in [0.2, 0.25) is 11.8 Å². The summed E-state index contributed by atoms with van der Waals surface area (Å²) in [4.78, 5) is 48.7. The zero-order valence-electron chi connectivity index (χ0n) is 10.9. The number of rotatable bonds is 2. The number of likely N-dealkylation sites (tertiary alicyclic amines) is 1. The van der Waals surface area contributed by atoms with E-state index >= 15 is 0 Å². The number of imide groups is 1. The van der Waals surface area contributed by atoms with Gasteiger partial charge in [0.1, 0.15) is 5.54 Å². The molecule has 2 fully saturated rings. The van der Waals surface area contributed by atoms with Crippen LogP contribution in [0.25, 0.3) is 0 Å². The van der Waals surface area contributed by atoms with Crippen LogP contribution in [0.5, 0.6) is 0 Å². The Bertz CT molecular complexity index is 464. The topological polar surface area (TPSA) is 98.8 Å². The number of hydrogen-bond donors (Lipinski definition) is 2. The zero-order chi connectivity index (χ0) is 14.2. The van der Waals surface area contributed by atoms with Gasteiger partial charge in [-0.1, -0.05) is 0 Å². The molecule has 1 unspecified atom stereocenters. The molecule has 0 aromatic rings. The van der Waals surface area contributed by atoms with Crippen LogP contribution in [-0.2, 0) is 14.4 Å². The average molecular weight is 268 g/mol. The summed E-state index contributed by atoms with van der Waals surface area (Å²) in [5, 5.41) is 4.74. The molecule has 0 saturated carbocycles. The highest BCUT2D eigenvalue weighted by Gasteiger charge is 2.51. The molecule has 2 saturated heterocycles. The van der Waals surface area contributed by atoms with Crippen LogP contribution < -0.4 is 10.6 Å². The van der Waals surface area contributed by atoms with E-state index in [2.05, 4.69) is 10.6 Å². The van der Waals surface area contributed by atoms with E-state index in [1.165, 1.54) is 23.8 Å². The van der Waals surface area contributed by atoms with E-state index in [1.54, 1.807) is 0 Å². The Kier molecular flexibility index (Phi) is 3.17. The quantitative estimate of drug-likeness (QED) is 0.582. The van der Waals surface area contributed by atoms with Gasteiger partial charge in [0.05, 0.1) is 13.1 Å². The van der Waals surface area contributed by atoms with E-state index in [0.29, 0.717) is 13.0 Å². The van der Waals surface area contributed by atoms with Gasteiger partial charge in [-0.05, 0) is 6.42 Å². The van der Waals surface area contributed by atoms with Gasteiger partial charge in [0.15, 0.2) is 0 Å². The van der Waals surface area contributed by atoms with Crippen molar-refractivity contribution in [3.8, 4) is 0 Å². The van der Waals surface area contributed by atoms with Crippen LogP contribution in [0.2, 0.25) is 0 Å². The smallest absolute Gasteiger partial charge is 0.322 e. The number of nitrogens with zero attached hydrogens (tertiary/aromatic N) is 2. The SMILES string of the molecule is CC(=O)N(C)CC(=O)N1CCC2(C1)NC(=O)NC2=O. The number of amides is 5.